The number of hydrogen-bond donors (Lipinski definition) is 1. The van der Waals surface area contributed by atoms with Gasteiger partial charge in [-0.05, 0) is 37.3 Å². The van der Waals surface area contributed by atoms with E-state index in [4.69, 9.17) is 19.2 Å². The first-order chi connectivity index (χ1) is 14.7. The maximum Gasteiger partial charge on any atom is 0.235 e. The van der Waals surface area contributed by atoms with Crippen molar-refractivity contribution in [2.45, 2.75) is 13.5 Å². The van der Waals surface area contributed by atoms with E-state index in [1.165, 1.54) is 0 Å². The lowest BCUT2D eigenvalue weighted by Crippen LogP contribution is -2.05. The predicted octanol–water partition coefficient (Wildman–Crippen LogP) is 4.42. The third-order valence-electron chi connectivity index (χ3n) is 4.78. The smallest absolute Gasteiger partial charge is 0.235 e. The molecular formula is C23H24N4O3. The minimum absolute atomic E-state index is 0.569. The largest absolute Gasteiger partial charge is 0.496 e. The first-order valence-electron chi connectivity index (χ1n) is 9.75. The van der Waals surface area contributed by atoms with Crippen molar-refractivity contribution in [3.8, 4) is 28.5 Å². The number of para-hydroxylation sites is 1. The van der Waals surface area contributed by atoms with Crippen LogP contribution in [-0.2, 0) is 6.54 Å². The van der Waals surface area contributed by atoms with Crippen LogP contribution in [0.15, 0.2) is 60.9 Å². The Bertz CT molecular complexity index is 1160. The van der Waals surface area contributed by atoms with Gasteiger partial charge in [0.2, 0.25) is 5.78 Å². The third kappa shape index (κ3) is 3.74. The highest BCUT2D eigenvalue weighted by molar-refractivity contribution is 5.77. The number of aromatic nitrogens is 3. The molecule has 30 heavy (non-hydrogen) atoms. The molecule has 0 spiro atoms. The second-order valence-electron chi connectivity index (χ2n) is 6.56. The Balaban J connectivity index is 1.75. The van der Waals surface area contributed by atoms with Crippen LogP contribution in [0.2, 0.25) is 0 Å². The molecule has 0 saturated heterocycles. The summed E-state index contributed by atoms with van der Waals surface area (Å²) >= 11 is 0. The van der Waals surface area contributed by atoms with Crippen molar-refractivity contribution in [3.05, 3.63) is 66.5 Å². The van der Waals surface area contributed by atoms with Gasteiger partial charge in [0.1, 0.15) is 17.3 Å². The lowest BCUT2D eigenvalue weighted by Gasteiger charge is -2.13. The monoisotopic (exact) mass is 404 g/mol. The average Bonchev–Trinajstić information content (AvgIpc) is 3.17. The van der Waals surface area contributed by atoms with Crippen LogP contribution in [0.25, 0.3) is 17.0 Å². The molecule has 1 N–H and O–H groups in total. The number of benzene rings is 2. The predicted molar refractivity (Wildman–Crippen MR) is 116 cm³/mol. The molecule has 7 nitrogen and oxygen atoms in total. The lowest BCUT2D eigenvalue weighted by atomic mass is 10.1. The van der Waals surface area contributed by atoms with Crippen LogP contribution < -0.4 is 19.5 Å². The van der Waals surface area contributed by atoms with Gasteiger partial charge in [0.05, 0.1) is 20.8 Å². The molecule has 4 rings (SSSR count). The molecule has 7 heteroatoms. The molecule has 2 aromatic carbocycles. The number of rotatable bonds is 8. The van der Waals surface area contributed by atoms with Crippen LogP contribution >= 0.6 is 0 Å². The fourth-order valence-electron chi connectivity index (χ4n) is 3.38. The van der Waals surface area contributed by atoms with E-state index in [0.29, 0.717) is 30.4 Å². The summed E-state index contributed by atoms with van der Waals surface area (Å²) in [6.07, 6.45) is 3.67. The van der Waals surface area contributed by atoms with Crippen molar-refractivity contribution in [1.82, 2.24) is 14.4 Å². The second-order valence-corrected chi connectivity index (χ2v) is 6.56. The summed E-state index contributed by atoms with van der Waals surface area (Å²) < 4.78 is 18.6. The average molecular weight is 404 g/mol. The Morgan fingerprint density at radius 2 is 1.80 bits per heavy atom. The third-order valence-corrected chi connectivity index (χ3v) is 4.78. The van der Waals surface area contributed by atoms with Gasteiger partial charge in [0, 0.05) is 30.1 Å². The number of fused-ring (bicyclic) bond motifs is 1. The van der Waals surface area contributed by atoms with E-state index in [-0.39, 0.29) is 0 Å². The van der Waals surface area contributed by atoms with E-state index in [1.807, 2.05) is 66.1 Å². The number of hydrogen-bond acceptors (Lipinski definition) is 6. The maximum absolute atomic E-state index is 5.65. The molecule has 0 unspecified atom stereocenters. The summed E-state index contributed by atoms with van der Waals surface area (Å²) in [5.74, 6) is 3.66. The molecule has 0 aliphatic heterocycles. The molecule has 0 amide bonds. The van der Waals surface area contributed by atoms with Crippen LogP contribution in [0.1, 0.15) is 12.5 Å². The zero-order valence-electron chi connectivity index (χ0n) is 17.3. The Kier molecular flexibility index (Phi) is 5.70. The summed E-state index contributed by atoms with van der Waals surface area (Å²) in [6.45, 7) is 3.09. The Hall–Kier alpha value is -3.74. The van der Waals surface area contributed by atoms with Gasteiger partial charge in [-0.3, -0.25) is 4.40 Å². The van der Waals surface area contributed by atoms with Gasteiger partial charge in [-0.15, -0.1) is 0 Å². The van der Waals surface area contributed by atoms with Gasteiger partial charge in [0.15, 0.2) is 11.5 Å². The topological polar surface area (TPSA) is 69.9 Å². The van der Waals surface area contributed by atoms with Gasteiger partial charge in [0.25, 0.3) is 0 Å². The molecule has 0 saturated carbocycles. The van der Waals surface area contributed by atoms with Crippen molar-refractivity contribution in [1.29, 1.82) is 0 Å². The fourth-order valence-corrected chi connectivity index (χ4v) is 3.38. The molecule has 0 aliphatic rings. The van der Waals surface area contributed by atoms with Crippen molar-refractivity contribution in [3.63, 3.8) is 0 Å². The number of methoxy groups -OCH3 is 2. The van der Waals surface area contributed by atoms with E-state index in [2.05, 4.69) is 10.3 Å². The zero-order chi connectivity index (χ0) is 20.9. The summed E-state index contributed by atoms with van der Waals surface area (Å²) in [5.41, 5.74) is 2.74. The lowest BCUT2D eigenvalue weighted by molar-refractivity contribution is 0.311. The van der Waals surface area contributed by atoms with E-state index in [1.54, 1.807) is 20.4 Å². The first-order valence-corrected chi connectivity index (χ1v) is 9.75. The molecule has 0 bridgehead atoms. The molecule has 2 heterocycles. The van der Waals surface area contributed by atoms with Crippen LogP contribution in [-0.4, -0.2) is 35.2 Å². The summed E-state index contributed by atoms with van der Waals surface area (Å²) in [7, 11) is 3.31. The Morgan fingerprint density at radius 1 is 0.967 bits per heavy atom. The minimum atomic E-state index is 0.569. The number of ether oxygens (including phenoxy) is 3. The van der Waals surface area contributed by atoms with Gasteiger partial charge < -0.3 is 19.5 Å². The van der Waals surface area contributed by atoms with Gasteiger partial charge in [-0.25, -0.2) is 9.97 Å². The molecular weight excluding hydrogens is 380 g/mol. The fraction of sp³-hybridized carbons (Fsp3) is 0.217. The molecule has 2 aromatic heterocycles. The summed E-state index contributed by atoms with van der Waals surface area (Å²) in [5, 5.41) is 3.51. The number of nitrogens with zero attached hydrogens (tertiary/aromatic N) is 3. The zero-order valence-corrected chi connectivity index (χ0v) is 17.3. The van der Waals surface area contributed by atoms with Gasteiger partial charge in [-0.2, -0.15) is 0 Å². The normalized spacial score (nSPS) is 10.8. The standard InChI is InChI=1S/C23H24N4O3/c1-4-30-19-11-10-16(14-20(19)29-3)21-22(27-13-7-12-24-23(27)26-21)25-15-17-8-5-6-9-18(17)28-2/h5-14,25H,4,15H2,1-3H3. The highest BCUT2D eigenvalue weighted by Crippen LogP contribution is 2.35. The highest BCUT2D eigenvalue weighted by atomic mass is 16.5. The van der Waals surface area contributed by atoms with E-state index in [0.717, 1.165) is 28.4 Å². The van der Waals surface area contributed by atoms with Gasteiger partial charge in [-0.1, -0.05) is 18.2 Å². The van der Waals surface area contributed by atoms with E-state index in [9.17, 15) is 0 Å². The summed E-state index contributed by atoms with van der Waals surface area (Å²) in [4.78, 5) is 9.15. The van der Waals surface area contributed by atoms with Crippen molar-refractivity contribution in [2.75, 3.05) is 26.1 Å². The van der Waals surface area contributed by atoms with Crippen LogP contribution in [0.3, 0.4) is 0 Å². The molecule has 0 radical (unpaired) electrons. The summed E-state index contributed by atoms with van der Waals surface area (Å²) in [6, 6.07) is 15.6. The van der Waals surface area contributed by atoms with Crippen LogP contribution in [0, 0.1) is 0 Å². The van der Waals surface area contributed by atoms with Gasteiger partial charge >= 0.3 is 0 Å². The SMILES string of the molecule is CCOc1ccc(-c2nc3ncccn3c2NCc2ccccc2OC)cc1OC. The van der Waals surface area contributed by atoms with Crippen molar-refractivity contribution < 1.29 is 14.2 Å². The molecule has 4 aromatic rings. The quantitative estimate of drug-likeness (QED) is 0.469. The first kappa shape index (κ1) is 19.6. The molecule has 0 aliphatic carbocycles. The molecule has 0 atom stereocenters. The molecule has 0 fully saturated rings. The van der Waals surface area contributed by atoms with Crippen molar-refractivity contribution >= 4 is 11.6 Å². The van der Waals surface area contributed by atoms with Crippen LogP contribution in [0.5, 0.6) is 17.2 Å². The van der Waals surface area contributed by atoms with E-state index >= 15 is 0 Å². The van der Waals surface area contributed by atoms with E-state index < -0.39 is 0 Å². The number of anilines is 1. The second kappa shape index (κ2) is 8.73. The van der Waals surface area contributed by atoms with Crippen molar-refractivity contribution in [2.24, 2.45) is 0 Å². The maximum atomic E-state index is 5.65. The highest BCUT2D eigenvalue weighted by Gasteiger charge is 2.17. The van der Waals surface area contributed by atoms with Crippen LogP contribution in [0.4, 0.5) is 5.82 Å². The Labute approximate surface area is 175 Å². The Morgan fingerprint density at radius 3 is 2.60 bits per heavy atom. The molecule has 154 valence electrons. The number of nitrogens with one attached hydrogen (secondary N) is 1. The number of imidazole rings is 1. The minimum Gasteiger partial charge on any atom is -0.496 e.